The van der Waals surface area contributed by atoms with Gasteiger partial charge in [-0.1, -0.05) is 30.7 Å². The zero-order valence-electron chi connectivity index (χ0n) is 10.4. The van der Waals surface area contributed by atoms with Crippen LogP contribution in [-0.2, 0) is 10.3 Å². The van der Waals surface area contributed by atoms with E-state index in [9.17, 15) is 4.79 Å². The molecule has 0 heterocycles. The minimum absolute atomic E-state index is 0.0663. The lowest BCUT2D eigenvalue weighted by molar-refractivity contribution is -0.140. The first kappa shape index (κ1) is 14.0. The fourth-order valence-corrected chi connectivity index (χ4v) is 2.38. The van der Waals surface area contributed by atoms with Crippen molar-refractivity contribution in [2.24, 2.45) is 0 Å². The summed E-state index contributed by atoms with van der Waals surface area (Å²) in [5.41, 5.74) is 0.441. The molecule has 0 radical (unpaired) electrons. The van der Waals surface area contributed by atoms with Crippen LogP contribution in [0.2, 0.25) is 5.02 Å². The zero-order chi connectivity index (χ0) is 13.1. The summed E-state index contributed by atoms with van der Waals surface area (Å²) < 4.78 is 0. The number of aliphatic carboxylic acids is 1. The molecule has 0 saturated heterocycles. The summed E-state index contributed by atoms with van der Waals surface area (Å²) in [6, 6.07) is 7.42. The van der Waals surface area contributed by atoms with E-state index in [4.69, 9.17) is 16.7 Å². The highest BCUT2D eigenvalue weighted by molar-refractivity contribution is 6.30. The van der Waals surface area contributed by atoms with Crippen LogP contribution in [0.3, 0.4) is 0 Å². The molecule has 1 N–H and O–H groups in total. The lowest BCUT2D eigenvalue weighted by Gasteiger charge is -2.38. The quantitative estimate of drug-likeness (QED) is 0.879. The van der Waals surface area contributed by atoms with Gasteiger partial charge >= 0.3 is 5.97 Å². The van der Waals surface area contributed by atoms with Crippen LogP contribution in [0.5, 0.6) is 0 Å². The molecule has 1 aromatic carbocycles. The molecule has 17 heavy (non-hydrogen) atoms. The van der Waals surface area contributed by atoms with Gasteiger partial charge in [0.2, 0.25) is 0 Å². The number of halogens is 1. The van der Waals surface area contributed by atoms with Gasteiger partial charge in [-0.2, -0.15) is 0 Å². The monoisotopic (exact) mass is 255 g/mol. The molecule has 0 fully saturated rings. The summed E-state index contributed by atoms with van der Waals surface area (Å²) in [6.45, 7) is 1.99. The number of carboxylic acid groups (broad SMARTS) is 1. The molecule has 0 aliphatic carbocycles. The molecule has 1 atom stereocenters. The Balaban J connectivity index is 3.26. The molecule has 4 heteroatoms. The van der Waals surface area contributed by atoms with Crippen LogP contribution in [-0.4, -0.2) is 30.1 Å². The fourth-order valence-electron chi connectivity index (χ4n) is 2.19. The van der Waals surface area contributed by atoms with Gasteiger partial charge in [-0.25, -0.2) is 0 Å². The number of hydrogen-bond acceptors (Lipinski definition) is 2. The van der Waals surface area contributed by atoms with E-state index in [2.05, 4.69) is 0 Å². The highest BCUT2D eigenvalue weighted by atomic mass is 35.5. The molecule has 0 aromatic heterocycles. The number of nitrogens with zero attached hydrogens (tertiary/aromatic N) is 1. The normalized spacial score (nSPS) is 14.6. The number of carboxylic acids is 1. The highest BCUT2D eigenvalue weighted by Gasteiger charge is 2.35. The topological polar surface area (TPSA) is 40.5 Å². The second kappa shape index (κ2) is 5.52. The largest absolute Gasteiger partial charge is 0.481 e. The third-order valence-electron chi connectivity index (χ3n) is 3.25. The maximum atomic E-state index is 11.1. The molecule has 1 rings (SSSR count). The Morgan fingerprint density at radius 2 is 2.12 bits per heavy atom. The van der Waals surface area contributed by atoms with Crippen LogP contribution in [0.1, 0.15) is 25.3 Å². The molecule has 1 unspecified atom stereocenters. The summed E-state index contributed by atoms with van der Waals surface area (Å²) in [6.07, 6.45) is 0.781. The van der Waals surface area contributed by atoms with Gasteiger partial charge in [-0.15, -0.1) is 0 Å². The molecule has 0 bridgehead atoms. The van der Waals surface area contributed by atoms with E-state index in [1.165, 1.54) is 0 Å². The average molecular weight is 256 g/mol. The molecular formula is C13H18ClNO2. The average Bonchev–Trinajstić information content (AvgIpc) is 2.25. The molecule has 0 aliphatic heterocycles. The first-order chi connectivity index (χ1) is 7.92. The molecule has 0 amide bonds. The lowest BCUT2D eigenvalue weighted by Crippen LogP contribution is -2.42. The van der Waals surface area contributed by atoms with Crippen molar-refractivity contribution in [3.63, 3.8) is 0 Å². The molecule has 3 nitrogen and oxygen atoms in total. The molecule has 0 aliphatic rings. The predicted molar refractivity (Wildman–Crippen MR) is 69.4 cm³/mol. The summed E-state index contributed by atoms with van der Waals surface area (Å²) in [4.78, 5) is 13.0. The van der Waals surface area contributed by atoms with Crippen LogP contribution in [0.4, 0.5) is 0 Å². The van der Waals surface area contributed by atoms with Crippen molar-refractivity contribution in [2.75, 3.05) is 14.1 Å². The molecule has 1 aromatic rings. The van der Waals surface area contributed by atoms with E-state index >= 15 is 0 Å². The van der Waals surface area contributed by atoms with Crippen molar-refractivity contribution >= 4 is 17.6 Å². The molecule has 94 valence electrons. The van der Waals surface area contributed by atoms with E-state index in [0.717, 1.165) is 5.56 Å². The molecular weight excluding hydrogens is 238 g/mol. The zero-order valence-corrected chi connectivity index (χ0v) is 11.2. The Morgan fingerprint density at radius 1 is 1.47 bits per heavy atom. The van der Waals surface area contributed by atoms with E-state index in [1.807, 2.05) is 44.1 Å². The minimum atomic E-state index is -0.805. The van der Waals surface area contributed by atoms with Crippen LogP contribution in [0.25, 0.3) is 0 Å². The Bertz CT molecular complexity index is 406. The Morgan fingerprint density at radius 3 is 2.53 bits per heavy atom. The Kier molecular flexibility index (Phi) is 4.54. The van der Waals surface area contributed by atoms with E-state index in [0.29, 0.717) is 11.4 Å². The Hall–Kier alpha value is -1.06. The van der Waals surface area contributed by atoms with Crippen molar-refractivity contribution in [2.45, 2.75) is 25.3 Å². The van der Waals surface area contributed by atoms with Gasteiger partial charge in [0.15, 0.2) is 0 Å². The van der Waals surface area contributed by atoms with E-state index < -0.39 is 11.5 Å². The van der Waals surface area contributed by atoms with Crippen LogP contribution in [0, 0.1) is 0 Å². The maximum Gasteiger partial charge on any atom is 0.305 e. The van der Waals surface area contributed by atoms with Crippen LogP contribution < -0.4 is 0 Å². The van der Waals surface area contributed by atoms with Crippen molar-refractivity contribution in [1.29, 1.82) is 0 Å². The second-order valence-corrected chi connectivity index (χ2v) is 4.80. The lowest BCUT2D eigenvalue weighted by atomic mass is 9.83. The van der Waals surface area contributed by atoms with E-state index in [-0.39, 0.29) is 6.42 Å². The SMILES string of the molecule is CCC(CC(=O)O)(c1cccc(Cl)c1)N(C)C. The van der Waals surface area contributed by atoms with Gasteiger partial charge in [-0.05, 0) is 38.2 Å². The fraction of sp³-hybridized carbons (Fsp3) is 0.462. The van der Waals surface area contributed by atoms with Gasteiger partial charge in [0.05, 0.1) is 12.0 Å². The summed E-state index contributed by atoms with van der Waals surface area (Å²) in [5.74, 6) is -0.805. The van der Waals surface area contributed by atoms with Gasteiger partial charge in [0.1, 0.15) is 0 Å². The first-order valence-electron chi connectivity index (χ1n) is 5.57. The number of rotatable bonds is 5. The van der Waals surface area contributed by atoms with Crippen LogP contribution in [0.15, 0.2) is 24.3 Å². The third kappa shape index (κ3) is 2.99. The van der Waals surface area contributed by atoms with Crippen LogP contribution >= 0.6 is 11.6 Å². The van der Waals surface area contributed by atoms with E-state index in [1.54, 1.807) is 6.07 Å². The van der Waals surface area contributed by atoms with Gasteiger partial charge < -0.3 is 5.11 Å². The number of carbonyl (C=O) groups is 1. The van der Waals surface area contributed by atoms with Crippen molar-refractivity contribution in [3.05, 3.63) is 34.9 Å². The smallest absolute Gasteiger partial charge is 0.305 e. The van der Waals surface area contributed by atoms with Crippen molar-refractivity contribution in [1.82, 2.24) is 4.90 Å². The predicted octanol–water partition coefficient (Wildman–Crippen LogP) is 2.98. The summed E-state index contributed by atoms with van der Waals surface area (Å²) >= 11 is 5.98. The standard InChI is InChI=1S/C13H18ClNO2/c1-4-13(15(2)3,9-12(16)17)10-6-5-7-11(14)8-10/h5-8H,4,9H2,1-3H3,(H,16,17). The number of hydrogen-bond donors (Lipinski definition) is 1. The molecule has 0 saturated carbocycles. The Labute approximate surface area is 107 Å². The van der Waals surface area contributed by atoms with Crippen molar-refractivity contribution < 1.29 is 9.90 Å². The van der Waals surface area contributed by atoms with Gasteiger partial charge in [0, 0.05) is 5.02 Å². The second-order valence-electron chi connectivity index (χ2n) is 4.36. The van der Waals surface area contributed by atoms with Gasteiger partial charge in [-0.3, -0.25) is 9.69 Å². The summed E-state index contributed by atoms with van der Waals surface area (Å²) in [5, 5.41) is 9.73. The van der Waals surface area contributed by atoms with Gasteiger partial charge in [0.25, 0.3) is 0 Å². The first-order valence-corrected chi connectivity index (χ1v) is 5.95. The highest BCUT2D eigenvalue weighted by Crippen LogP contribution is 2.35. The third-order valence-corrected chi connectivity index (χ3v) is 3.48. The molecule has 0 spiro atoms. The van der Waals surface area contributed by atoms with Crippen molar-refractivity contribution in [3.8, 4) is 0 Å². The maximum absolute atomic E-state index is 11.1. The minimum Gasteiger partial charge on any atom is -0.481 e. The number of benzene rings is 1. The summed E-state index contributed by atoms with van der Waals surface area (Å²) in [7, 11) is 3.79.